The summed E-state index contributed by atoms with van der Waals surface area (Å²) < 4.78 is 10.2. The molecular weight excluding hydrogens is 444 g/mol. The van der Waals surface area contributed by atoms with Crippen molar-refractivity contribution in [3.63, 3.8) is 0 Å². The normalized spacial score (nSPS) is 10.8. The maximum absolute atomic E-state index is 12.3. The van der Waals surface area contributed by atoms with Crippen molar-refractivity contribution in [2.75, 3.05) is 13.2 Å². The molecule has 0 spiro atoms. The lowest BCUT2D eigenvalue weighted by molar-refractivity contribution is -0.138. The minimum Gasteiger partial charge on any atom is -0.481 e. The van der Waals surface area contributed by atoms with Crippen molar-refractivity contribution in [2.24, 2.45) is 0 Å². The molecule has 0 saturated heterocycles. The van der Waals surface area contributed by atoms with Crippen LogP contribution in [0.1, 0.15) is 81.3 Å². The summed E-state index contributed by atoms with van der Waals surface area (Å²) in [6.07, 6.45) is 1.14. The molecule has 2 aromatic heterocycles. The van der Waals surface area contributed by atoms with Crippen molar-refractivity contribution in [1.82, 2.24) is 9.97 Å². The van der Waals surface area contributed by atoms with E-state index in [1.165, 1.54) is 0 Å². The number of carboxylic acids is 2. The number of hydrogen-bond donors (Lipinski definition) is 4. The number of esters is 2. The van der Waals surface area contributed by atoms with Crippen LogP contribution in [0.5, 0.6) is 0 Å². The fourth-order valence-electron chi connectivity index (χ4n) is 4.03. The van der Waals surface area contributed by atoms with Gasteiger partial charge in [0.2, 0.25) is 0 Å². The molecular formula is C24H32N2O8. The molecule has 2 heterocycles. The molecule has 2 aromatic rings. The number of aliphatic carboxylic acids is 2. The average molecular weight is 477 g/mol. The van der Waals surface area contributed by atoms with Crippen LogP contribution in [0.3, 0.4) is 0 Å². The Morgan fingerprint density at radius 2 is 1.03 bits per heavy atom. The highest BCUT2D eigenvalue weighted by molar-refractivity contribution is 5.90. The Kier molecular flexibility index (Phi) is 9.47. The number of ether oxygens (including phenoxy) is 2. The molecule has 10 heteroatoms. The molecule has 2 rings (SSSR count). The van der Waals surface area contributed by atoms with Gasteiger partial charge in [-0.25, -0.2) is 9.59 Å². The Labute approximate surface area is 197 Å². The molecule has 0 aliphatic carbocycles. The third kappa shape index (κ3) is 6.49. The minimum atomic E-state index is -0.945. The van der Waals surface area contributed by atoms with Gasteiger partial charge < -0.3 is 29.7 Å². The Bertz CT molecular complexity index is 979. The van der Waals surface area contributed by atoms with Crippen LogP contribution in [0.25, 0.3) is 0 Å². The fraction of sp³-hybridized carbons (Fsp3) is 0.500. The Hall–Kier alpha value is -3.56. The summed E-state index contributed by atoms with van der Waals surface area (Å²) >= 11 is 0. The molecule has 0 saturated carbocycles. The highest BCUT2D eigenvalue weighted by atomic mass is 16.5. The second-order valence-corrected chi connectivity index (χ2v) is 7.89. The average Bonchev–Trinajstić information content (AvgIpc) is 3.25. The number of carbonyl (C=O) groups is 4. The molecule has 4 N–H and O–H groups in total. The number of H-pyrrole nitrogens is 2. The van der Waals surface area contributed by atoms with Gasteiger partial charge in [0.15, 0.2) is 0 Å². The van der Waals surface area contributed by atoms with Crippen molar-refractivity contribution in [1.29, 1.82) is 0 Å². The first-order valence-corrected chi connectivity index (χ1v) is 11.3. The lowest BCUT2D eigenvalue weighted by Crippen LogP contribution is -2.07. The summed E-state index contributed by atoms with van der Waals surface area (Å²) in [6.45, 7) is 7.33. The third-order valence-corrected chi connectivity index (χ3v) is 5.70. The molecule has 186 valence electrons. The van der Waals surface area contributed by atoms with E-state index in [0.717, 1.165) is 11.1 Å². The van der Waals surface area contributed by atoms with E-state index < -0.39 is 23.9 Å². The van der Waals surface area contributed by atoms with Crippen molar-refractivity contribution in [3.8, 4) is 0 Å². The van der Waals surface area contributed by atoms with Crippen LogP contribution in [-0.2, 0) is 44.7 Å². The molecule has 0 aromatic carbocycles. The van der Waals surface area contributed by atoms with Gasteiger partial charge in [-0.1, -0.05) is 0 Å². The van der Waals surface area contributed by atoms with Gasteiger partial charge in [-0.2, -0.15) is 0 Å². The van der Waals surface area contributed by atoms with Gasteiger partial charge in [-0.05, 0) is 75.6 Å². The van der Waals surface area contributed by atoms with Crippen molar-refractivity contribution < 1.29 is 38.9 Å². The van der Waals surface area contributed by atoms with Crippen LogP contribution in [-0.4, -0.2) is 57.3 Å². The minimum absolute atomic E-state index is 0.0908. The summed E-state index contributed by atoms with van der Waals surface area (Å²) in [7, 11) is 0. The smallest absolute Gasteiger partial charge is 0.355 e. The van der Waals surface area contributed by atoms with Crippen molar-refractivity contribution in [2.45, 2.75) is 66.2 Å². The number of aromatic nitrogens is 2. The first-order valence-electron chi connectivity index (χ1n) is 11.3. The summed E-state index contributed by atoms with van der Waals surface area (Å²) in [5.74, 6) is -2.91. The van der Waals surface area contributed by atoms with Gasteiger partial charge in [-0.3, -0.25) is 9.59 Å². The Balaban J connectivity index is 2.39. The quantitative estimate of drug-likeness (QED) is 0.321. The zero-order valence-corrected chi connectivity index (χ0v) is 20.0. The van der Waals surface area contributed by atoms with Crippen LogP contribution in [0.2, 0.25) is 0 Å². The third-order valence-electron chi connectivity index (χ3n) is 5.70. The maximum Gasteiger partial charge on any atom is 0.355 e. The van der Waals surface area contributed by atoms with Crippen LogP contribution in [0, 0.1) is 13.8 Å². The van der Waals surface area contributed by atoms with E-state index in [1.807, 2.05) is 0 Å². The SMILES string of the molecule is CCOC(=O)c1[nH]c(CCc2[nH]c(C(=O)OCC)c(C)c2CCC(=O)O)c(CCC(=O)O)c1C. The van der Waals surface area contributed by atoms with Gasteiger partial charge in [0.1, 0.15) is 11.4 Å². The first-order chi connectivity index (χ1) is 16.1. The van der Waals surface area contributed by atoms with E-state index in [0.29, 0.717) is 46.7 Å². The first kappa shape index (κ1) is 26.7. The Morgan fingerprint density at radius 3 is 1.32 bits per heavy atom. The van der Waals surface area contributed by atoms with E-state index in [4.69, 9.17) is 19.7 Å². The number of rotatable bonds is 13. The lowest BCUT2D eigenvalue weighted by atomic mass is 9.99. The summed E-state index contributed by atoms with van der Waals surface area (Å²) in [5.41, 5.74) is 4.77. The van der Waals surface area contributed by atoms with Gasteiger partial charge in [0, 0.05) is 24.2 Å². The number of carboxylic acid groups (broad SMARTS) is 2. The van der Waals surface area contributed by atoms with Crippen molar-refractivity contribution in [3.05, 3.63) is 45.0 Å². The number of hydrogen-bond acceptors (Lipinski definition) is 6. The van der Waals surface area contributed by atoms with E-state index in [2.05, 4.69) is 9.97 Å². The molecule has 0 unspecified atom stereocenters. The zero-order chi connectivity index (χ0) is 25.4. The summed E-state index contributed by atoms with van der Waals surface area (Å²) in [4.78, 5) is 53.2. The highest BCUT2D eigenvalue weighted by Crippen LogP contribution is 2.26. The molecule has 0 aliphatic heterocycles. The van der Waals surface area contributed by atoms with Crippen LogP contribution < -0.4 is 0 Å². The van der Waals surface area contributed by atoms with E-state index in [9.17, 15) is 19.2 Å². The van der Waals surface area contributed by atoms with E-state index >= 15 is 0 Å². The topological polar surface area (TPSA) is 159 Å². The molecule has 0 bridgehead atoms. The predicted octanol–water partition coefficient (Wildman–Crippen LogP) is 3.13. The fourth-order valence-corrected chi connectivity index (χ4v) is 4.03. The molecule has 0 fully saturated rings. The molecule has 0 amide bonds. The van der Waals surface area contributed by atoms with Crippen LogP contribution in [0.4, 0.5) is 0 Å². The lowest BCUT2D eigenvalue weighted by Gasteiger charge is -2.07. The molecule has 34 heavy (non-hydrogen) atoms. The largest absolute Gasteiger partial charge is 0.481 e. The molecule has 10 nitrogen and oxygen atoms in total. The number of nitrogens with one attached hydrogen (secondary N) is 2. The number of carbonyl (C=O) groups excluding carboxylic acids is 2. The summed E-state index contributed by atoms with van der Waals surface area (Å²) in [6, 6.07) is 0. The molecule has 0 aliphatic rings. The van der Waals surface area contributed by atoms with E-state index in [-0.39, 0.29) is 38.9 Å². The highest BCUT2D eigenvalue weighted by Gasteiger charge is 2.23. The Morgan fingerprint density at radius 1 is 0.676 bits per heavy atom. The summed E-state index contributed by atoms with van der Waals surface area (Å²) in [5, 5.41) is 18.3. The molecule has 0 atom stereocenters. The van der Waals surface area contributed by atoms with Crippen LogP contribution >= 0.6 is 0 Å². The standard InChI is InChI=1S/C24H32N2O8/c1-5-33-23(31)21-13(3)15(7-11-19(27)28)17(25-21)9-10-18-16(8-12-20(29)30)14(4)22(26-18)24(32)34-6-2/h25-26H,5-12H2,1-4H3,(H,27,28)(H,29,30). The van der Waals surface area contributed by atoms with Gasteiger partial charge in [-0.15, -0.1) is 0 Å². The maximum atomic E-state index is 12.3. The number of aryl methyl sites for hydroxylation is 2. The van der Waals surface area contributed by atoms with Gasteiger partial charge in [0.05, 0.1) is 13.2 Å². The second-order valence-electron chi connectivity index (χ2n) is 7.89. The van der Waals surface area contributed by atoms with Crippen molar-refractivity contribution >= 4 is 23.9 Å². The van der Waals surface area contributed by atoms with E-state index in [1.54, 1.807) is 27.7 Å². The number of aromatic amines is 2. The van der Waals surface area contributed by atoms with Crippen LogP contribution in [0.15, 0.2) is 0 Å². The zero-order valence-electron chi connectivity index (χ0n) is 20.0. The van der Waals surface area contributed by atoms with Gasteiger partial charge in [0.25, 0.3) is 0 Å². The predicted molar refractivity (Wildman–Crippen MR) is 122 cm³/mol. The molecule has 0 radical (unpaired) electrons. The monoisotopic (exact) mass is 476 g/mol. The second kappa shape index (κ2) is 12.1. The van der Waals surface area contributed by atoms with Gasteiger partial charge >= 0.3 is 23.9 Å².